The molecule has 0 saturated carbocycles. The van der Waals surface area contributed by atoms with Gasteiger partial charge in [0.1, 0.15) is 0 Å². The van der Waals surface area contributed by atoms with Crippen LogP contribution in [0.15, 0.2) is 24.4 Å². The first kappa shape index (κ1) is 17.0. The molecule has 0 unspecified atom stereocenters. The lowest BCUT2D eigenvalue weighted by molar-refractivity contribution is 0.0685. The highest BCUT2D eigenvalue weighted by atomic mass is 16.5. The standard InChI is InChI=1S/C20H23N3O3/c1-23-7-5-12(6-8-23)13-3-4-16-14(9-13)18-15(11-26-2)19(20(24)25)21-10-17(18)22-16/h3-4,9-10,12,22H,5-8,11H2,1-2H3,(H,24,25). The Balaban J connectivity index is 1.89. The first-order valence-corrected chi connectivity index (χ1v) is 8.92. The van der Waals surface area contributed by atoms with Crippen molar-refractivity contribution in [2.24, 2.45) is 0 Å². The number of aromatic carboxylic acids is 1. The minimum absolute atomic E-state index is 0.0601. The number of nitrogens with zero attached hydrogens (tertiary/aromatic N) is 2. The maximum Gasteiger partial charge on any atom is 0.354 e. The van der Waals surface area contributed by atoms with Crippen LogP contribution in [0, 0.1) is 0 Å². The van der Waals surface area contributed by atoms with Gasteiger partial charge in [-0.05, 0) is 56.6 Å². The number of carbonyl (C=O) groups is 1. The summed E-state index contributed by atoms with van der Waals surface area (Å²) >= 11 is 0. The molecular formula is C20H23N3O3. The Morgan fingerprint density at radius 3 is 2.81 bits per heavy atom. The van der Waals surface area contributed by atoms with E-state index in [4.69, 9.17) is 4.74 Å². The van der Waals surface area contributed by atoms with E-state index in [1.807, 2.05) is 0 Å². The first-order chi connectivity index (χ1) is 12.6. The fraction of sp³-hybridized carbons (Fsp3) is 0.400. The number of H-pyrrole nitrogens is 1. The Bertz CT molecular complexity index is 971. The van der Waals surface area contributed by atoms with E-state index in [0.717, 1.165) is 47.7 Å². The van der Waals surface area contributed by atoms with Crippen LogP contribution in [-0.4, -0.2) is 53.2 Å². The number of benzene rings is 1. The number of carboxylic acid groups (broad SMARTS) is 1. The quantitative estimate of drug-likeness (QED) is 0.752. The smallest absolute Gasteiger partial charge is 0.354 e. The normalized spacial score (nSPS) is 16.5. The number of hydrogen-bond acceptors (Lipinski definition) is 4. The van der Waals surface area contributed by atoms with Gasteiger partial charge in [-0.3, -0.25) is 0 Å². The van der Waals surface area contributed by atoms with Crippen molar-refractivity contribution in [3.8, 4) is 0 Å². The number of piperidine rings is 1. The van der Waals surface area contributed by atoms with Crippen LogP contribution < -0.4 is 0 Å². The van der Waals surface area contributed by atoms with Crippen molar-refractivity contribution in [2.45, 2.75) is 25.4 Å². The molecule has 1 aliphatic rings. The Kier molecular flexibility index (Phi) is 4.38. The monoisotopic (exact) mass is 353 g/mol. The molecule has 1 aliphatic heterocycles. The summed E-state index contributed by atoms with van der Waals surface area (Å²) in [6, 6.07) is 6.50. The number of carboxylic acids is 1. The molecule has 26 heavy (non-hydrogen) atoms. The van der Waals surface area contributed by atoms with E-state index in [0.29, 0.717) is 11.5 Å². The van der Waals surface area contributed by atoms with Crippen molar-refractivity contribution in [2.75, 3.05) is 27.2 Å². The third-order valence-corrected chi connectivity index (χ3v) is 5.44. The van der Waals surface area contributed by atoms with E-state index < -0.39 is 5.97 Å². The zero-order chi connectivity index (χ0) is 18.3. The average molecular weight is 353 g/mol. The predicted octanol–water partition coefficient (Wildman–Crippen LogP) is 3.37. The van der Waals surface area contributed by atoms with Gasteiger partial charge in [0.25, 0.3) is 0 Å². The number of aromatic nitrogens is 2. The number of ether oxygens (including phenoxy) is 1. The highest BCUT2D eigenvalue weighted by Gasteiger charge is 2.21. The number of rotatable bonds is 4. The molecule has 0 spiro atoms. The van der Waals surface area contributed by atoms with Gasteiger partial charge in [-0.25, -0.2) is 9.78 Å². The zero-order valence-electron chi connectivity index (χ0n) is 15.1. The second-order valence-electron chi connectivity index (χ2n) is 7.12. The second kappa shape index (κ2) is 6.70. The van der Waals surface area contributed by atoms with Crippen molar-refractivity contribution >= 4 is 27.8 Å². The minimum Gasteiger partial charge on any atom is -0.477 e. The third kappa shape index (κ3) is 2.85. The molecule has 0 atom stereocenters. The molecule has 0 radical (unpaired) electrons. The van der Waals surface area contributed by atoms with E-state index in [1.165, 1.54) is 5.56 Å². The lowest BCUT2D eigenvalue weighted by Gasteiger charge is -2.29. The summed E-state index contributed by atoms with van der Waals surface area (Å²) in [5, 5.41) is 11.5. The topological polar surface area (TPSA) is 78.5 Å². The molecule has 1 fully saturated rings. The summed E-state index contributed by atoms with van der Waals surface area (Å²) in [5.74, 6) is -0.480. The number of fused-ring (bicyclic) bond motifs is 3. The van der Waals surface area contributed by atoms with E-state index in [2.05, 4.69) is 40.1 Å². The fourth-order valence-electron chi connectivity index (χ4n) is 4.04. The second-order valence-corrected chi connectivity index (χ2v) is 7.12. The number of aromatic amines is 1. The van der Waals surface area contributed by atoms with Crippen LogP contribution in [-0.2, 0) is 11.3 Å². The van der Waals surface area contributed by atoms with Gasteiger partial charge in [0.15, 0.2) is 5.69 Å². The van der Waals surface area contributed by atoms with Crippen molar-refractivity contribution in [3.63, 3.8) is 0 Å². The molecule has 136 valence electrons. The molecule has 2 N–H and O–H groups in total. The summed E-state index contributed by atoms with van der Waals surface area (Å²) in [5.41, 5.74) is 3.86. The van der Waals surface area contributed by atoms with Gasteiger partial charge in [0, 0.05) is 29.0 Å². The molecule has 4 rings (SSSR count). The van der Waals surface area contributed by atoms with Gasteiger partial charge in [0.05, 0.1) is 18.3 Å². The molecule has 6 nitrogen and oxygen atoms in total. The highest BCUT2D eigenvalue weighted by molar-refractivity contribution is 6.11. The Morgan fingerprint density at radius 1 is 1.35 bits per heavy atom. The average Bonchev–Trinajstić information content (AvgIpc) is 3.00. The lowest BCUT2D eigenvalue weighted by atomic mass is 9.88. The van der Waals surface area contributed by atoms with Gasteiger partial charge in [-0.15, -0.1) is 0 Å². The molecule has 3 aromatic rings. The van der Waals surface area contributed by atoms with Crippen molar-refractivity contribution in [3.05, 3.63) is 41.2 Å². The van der Waals surface area contributed by atoms with Crippen molar-refractivity contribution in [1.82, 2.24) is 14.9 Å². The first-order valence-electron chi connectivity index (χ1n) is 8.92. The summed E-state index contributed by atoms with van der Waals surface area (Å²) in [6.45, 7) is 2.44. The number of likely N-dealkylation sites (tertiary alicyclic amines) is 1. The van der Waals surface area contributed by atoms with Crippen LogP contribution in [0.3, 0.4) is 0 Å². The van der Waals surface area contributed by atoms with Gasteiger partial charge < -0.3 is 19.7 Å². The maximum absolute atomic E-state index is 11.6. The Hall–Kier alpha value is -2.44. The van der Waals surface area contributed by atoms with Gasteiger partial charge in [0.2, 0.25) is 0 Å². The summed E-state index contributed by atoms with van der Waals surface area (Å²) in [4.78, 5) is 21.5. The Morgan fingerprint density at radius 2 is 2.12 bits per heavy atom. The molecule has 1 aromatic carbocycles. The largest absolute Gasteiger partial charge is 0.477 e. The molecule has 3 heterocycles. The third-order valence-electron chi connectivity index (χ3n) is 5.44. The number of methoxy groups -OCH3 is 1. The molecular weight excluding hydrogens is 330 g/mol. The van der Waals surface area contributed by atoms with Gasteiger partial charge in [-0.2, -0.15) is 0 Å². The number of hydrogen-bond donors (Lipinski definition) is 2. The van der Waals surface area contributed by atoms with E-state index >= 15 is 0 Å². The molecule has 6 heteroatoms. The van der Waals surface area contributed by atoms with Crippen molar-refractivity contribution < 1.29 is 14.6 Å². The zero-order valence-corrected chi connectivity index (χ0v) is 15.1. The SMILES string of the molecule is COCc1c(C(=O)O)ncc2[nH]c3ccc(C4CCN(C)CC4)cc3c12. The van der Waals surface area contributed by atoms with Crippen LogP contribution in [0.25, 0.3) is 21.8 Å². The predicted molar refractivity (Wildman–Crippen MR) is 101 cm³/mol. The Labute approximate surface area is 151 Å². The van der Waals surface area contributed by atoms with E-state index in [9.17, 15) is 9.90 Å². The summed E-state index contributed by atoms with van der Waals surface area (Å²) in [7, 11) is 3.74. The van der Waals surface area contributed by atoms with Crippen LogP contribution in [0.2, 0.25) is 0 Å². The van der Waals surface area contributed by atoms with Gasteiger partial charge >= 0.3 is 5.97 Å². The molecule has 0 bridgehead atoms. The van der Waals surface area contributed by atoms with Crippen LogP contribution >= 0.6 is 0 Å². The van der Waals surface area contributed by atoms with Gasteiger partial charge in [-0.1, -0.05) is 6.07 Å². The lowest BCUT2D eigenvalue weighted by Crippen LogP contribution is -2.29. The summed E-state index contributed by atoms with van der Waals surface area (Å²) in [6.07, 6.45) is 3.90. The van der Waals surface area contributed by atoms with E-state index in [-0.39, 0.29) is 12.3 Å². The molecule has 1 saturated heterocycles. The fourth-order valence-corrected chi connectivity index (χ4v) is 4.04. The van der Waals surface area contributed by atoms with Crippen LogP contribution in [0.5, 0.6) is 0 Å². The summed E-state index contributed by atoms with van der Waals surface area (Å²) < 4.78 is 5.28. The number of nitrogens with one attached hydrogen (secondary N) is 1. The van der Waals surface area contributed by atoms with Crippen molar-refractivity contribution in [1.29, 1.82) is 0 Å². The maximum atomic E-state index is 11.6. The highest BCUT2D eigenvalue weighted by Crippen LogP contribution is 2.34. The molecule has 2 aromatic heterocycles. The number of pyridine rings is 1. The molecule has 0 aliphatic carbocycles. The molecule has 0 amide bonds. The minimum atomic E-state index is -1.03. The van der Waals surface area contributed by atoms with E-state index in [1.54, 1.807) is 13.3 Å². The van der Waals surface area contributed by atoms with Crippen LogP contribution in [0.4, 0.5) is 0 Å². The van der Waals surface area contributed by atoms with Crippen LogP contribution in [0.1, 0.15) is 40.4 Å².